The van der Waals surface area contributed by atoms with E-state index in [9.17, 15) is 18.3 Å². The number of phenolic OH excluding ortho intramolecular Hbond substituents is 1. The Morgan fingerprint density at radius 1 is 1.03 bits per heavy atom. The summed E-state index contributed by atoms with van der Waals surface area (Å²) in [5.74, 6) is -0.546. The lowest BCUT2D eigenvalue weighted by molar-refractivity contribution is -0.121. The lowest BCUT2D eigenvalue weighted by atomic mass is 10.2. The smallest absolute Gasteiger partial charge is 0.255 e. The number of carbonyl (C=O) groups is 1. The number of phenols is 1. The van der Waals surface area contributed by atoms with E-state index in [1.54, 1.807) is 42.5 Å². The molecule has 7 nitrogen and oxygen atoms in total. The van der Waals surface area contributed by atoms with E-state index in [4.69, 9.17) is 23.2 Å². The van der Waals surface area contributed by atoms with Gasteiger partial charge in [-0.3, -0.25) is 4.79 Å². The second-order valence-corrected chi connectivity index (χ2v) is 9.92. The molecule has 3 aromatic rings. The molecule has 0 aliphatic rings. The number of hydrazone groups is 1. The summed E-state index contributed by atoms with van der Waals surface area (Å²) < 4.78 is 27.7. The maximum Gasteiger partial charge on any atom is 0.255 e. The average Bonchev–Trinajstić information content (AvgIpc) is 2.77. The largest absolute Gasteiger partial charge is 0.508 e. The molecule has 0 unspecified atom stereocenters. The number of sulfonamides is 1. The molecule has 0 radical (unpaired) electrons. The number of nitrogens with one attached hydrogen (secondary N) is 1. The fourth-order valence-electron chi connectivity index (χ4n) is 2.88. The first-order valence-corrected chi connectivity index (χ1v) is 12.0. The molecular formula is C23H21Cl2N3O4S. The van der Waals surface area contributed by atoms with E-state index in [1.165, 1.54) is 30.5 Å². The van der Waals surface area contributed by atoms with Gasteiger partial charge in [0.05, 0.1) is 17.7 Å². The Morgan fingerprint density at radius 2 is 1.64 bits per heavy atom. The van der Waals surface area contributed by atoms with Crippen molar-refractivity contribution < 1.29 is 18.3 Å². The van der Waals surface area contributed by atoms with Crippen molar-refractivity contribution in [1.82, 2.24) is 9.73 Å². The van der Waals surface area contributed by atoms with E-state index in [1.807, 2.05) is 6.92 Å². The van der Waals surface area contributed by atoms with Crippen LogP contribution in [0.5, 0.6) is 5.75 Å². The number of carbonyl (C=O) groups excluding carboxylic acids is 1. The van der Waals surface area contributed by atoms with Crippen LogP contribution in [0.15, 0.2) is 76.7 Å². The van der Waals surface area contributed by atoms with E-state index in [2.05, 4.69) is 10.5 Å². The molecule has 0 aromatic heterocycles. The van der Waals surface area contributed by atoms with Crippen LogP contribution in [0.2, 0.25) is 10.0 Å². The van der Waals surface area contributed by atoms with Gasteiger partial charge in [0.15, 0.2) is 0 Å². The predicted molar refractivity (Wildman–Crippen MR) is 129 cm³/mol. The minimum Gasteiger partial charge on any atom is -0.508 e. The quantitative estimate of drug-likeness (QED) is 0.351. The van der Waals surface area contributed by atoms with Gasteiger partial charge in [0, 0.05) is 22.2 Å². The third-order valence-electron chi connectivity index (χ3n) is 4.67. The van der Waals surface area contributed by atoms with Crippen molar-refractivity contribution >= 4 is 45.3 Å². The summed E-state index contributed by atoms with van der Waals surface area (Å²) >= 11 is 12.5. The molecule has 172 valence electrons. The number of aryl methyl sites for hydroxylation is 1. The maximum atomic E-state index is 13.3. The summed E-state index contributed by atoms with van der Waals surface area (Å²) in [6, 6.07) is 17.3. The molecule has 0 atom stereocenters. The zero-order valence-corrected chi connectivity index (χ0v) is 19.9. The lowest BCUT2D eigenvalue weighted by Crippen LogP contribution is -2.39. The van der Waals surface area contributed by atoms with Gasteiger partial charge in [-0.1, -0.05) is 47.0 Å². The molecule has 0 fully saturated rings. The molecule has 3 aromatic carbocycles. The van der Waals surface area contributed by atoms with Gasteiger partial charge in [0.2, 0.25) is 10.0 Å². The Bertz CT molecular complexity index is 1240. The number of halogens is 2. The van der Waals surface area contributed by atoms with Crippen molar-refractivity contribution in [2.24, 2.45) is 5.10 Å². The summed E-state index contributed by atoms with van der Waals surface area (Å²) in [6.07, 6.45) is 1.38. The van der Waals surface area contributed by atoms with Gasteiger partial charge in [-0.15, -0.1) is 0 Å². The highest BCUT2D eigenvalue weighted by atomic mass is 35.5. The molecule has 0 spiro atoms. The Hall–Kier alpha value is -2.91. The Labute approximate surface area is 202 Å². The Kier molecular flexibility index (Phi) is 8.10. The summed E-state index contributed by atoms with van der Waals surface area (Å²) in [6.45, 7) is 1.13. The predicted octanol–water partition coefficient (Wildman–Crippen LogP) is 4.35. The first kappa shape index (κ1) is 24.7. The van der Waals surface area contributed by atoms with E-state index in [0.29, 0.717) is 11.1 Å². The van der Waals surface area contributed by atoms with Crippen LogP contribution in [0.25, 0.3) is 0 Å². The summed E-state index contributed by atoms with van der Waals surface area (Å²) in [4.78, 5) is 12.6. The maximum absolute atomic E-state index is 13.3. The Balaban J connectivity index is 1.84. The van der Waals surface area contributed by atoms with Crippen molar-refractivity contribution in [1.29, 1.82) is 0 Å². The van der Waals surface area contributed by atoms with Crippen LogP contribution in [-0.4, -0.2) is 36.5 Å². The number of rotatable bonds is 8. The molecule has 10 heteroatoms. The first-order valence-electron chi connectivity index (χ1n) is 9.77. The summed E-state index contributed by atoms with van der Waals surface area (Å²) in [5, 5.41) is 13.8. The fraction of sp³-hybridized carbons (Fsp3) is 0.130. The van der Waals surface area contributed by atoms with Crippen LogP contribution in [0, 0.1) is 6.92 Å². The molecular weight excluding hydrogens is 485 g/mol. The zero-order valence-electron chi connectivity index (χ0n) is 17.6. The highest BCUT2D eigenvalue weighted by molar-refractivity contribution is 7.89. The van der Waals surface area contributed by atoms with Crippen LogP contribution in [0.4, 0.5) is 0 Å². The molecule has 0 bridgehead atoms. The van der Waals surface area contributed by atoms with Gasteiger partial charge in [0.25, 0.3) is 5.91 Å². The van der Waals surface area contributed by atoms with Gasteiger partial charge in [0.1, 0.15) is 5.75 Å². The topological polar surface area (TPSA) is 99.1 Å². The van der Waals surface area contributed by atoms with Gasteiger partial charge in [-0.2, -0.15) is 9.41 Å². The van der Waals surface area contributed by atoms with Crippen molar-refractivity contribution in [3.8, 4) is 5.75 Å². The first-order chi connectivity index (χ1) is 15.7. The number of nitrogens with zero attached hydrogens (tertiary/aromatic N) is 2. The molecule has 0 saturated heterocycles. The monoisotopic (exact) mass is 505 g/mol. The SMILES string of the molecule is Cc1ccc(S(=O)(=O)N(CC(=O)N/N=C\c2ccc(O)cc2)Cc2c(Cl)cccc2Cl)cc1. The van der Waals surface area contributed by atoms with Crippen LogP contribution >= 0.6 is 23.2 Å². The molecule has 3 rings (SSSR count). The third kappa shape index (κ3) is 6.55. The Morgan fingerprint density at radius 3 is 2.24 bits per heavy atom. The molecule has 0 saturated carbocycles. The summed E-state index contributed by atoms with van der Waals surface area (Å²) in [5.41, 5.74) is 4.24. The third-order valence-corrected chi connectivity index (χ3v) is 7.18. The van der Waals surface area contributed by atoms with E-state index >= 15 is 0 Å². The van der Waals surface area contributed by atoms with Gasteiger partial charge in [-0.05, 0) is 61.0 Å². The molecule has 0 heterocycles. The lowest BCUT2D eigenvalue weighted by Gasteiger charge is -2.22. The fourth-order valence-corrected chi connectivity index (χ4v) is 4.76. The zero-order chi connectivity index (χ0) is 24.0. The molecule has 0 aliphatic heterocycles. The van der Waals surface area contributed by atoms with Crippen LogP contribution < -0.4 is 5.43 Å². The molecule has 33 heavy (non-hydrogen) atoms. The van der Waals surface area contributed by atoms with Crippen molar-refractivity contribution in [2.45, 2.75) is 18.4 Å². The second kappa shape index (κ2) is 10.8. The average molecular weight is 506 g/mol. The van der Waals surface area contributed by atoms with E-state index in [0.717, 1.165) is 9.87 Å². The number of benzene rings is 3. The summed E-state index contributed by atoms with van der Waals surface area (Å²) in [7, 11) is -4.05. The van der Waals surface area contributed by atoms with E-state index in [-0.39, 0.29) is 27.2 Å². The van der Waals surface area contributed by atoms with Crippen LogP contribution in [0.1, 0.15) is 16.7 Å². The van der Waals surface area contributed by atoms with Crippen molar-refractivity contribution in [2.75, 3.05) is 6.54 Å². The standard InChI is InChI=1S/C23H21Cl2N3O4S/c1-16-5-11-19(12-6-16)33(31,32)28(14-20-21(24)3-2-4-22(20)25)15-23(30)27-26-13-17-7-9-18(29)10-8-17/h2-13,29H,14-15H2,1H3,(H,27,30)/b26-13-. The van der Waals surface area contributed by atoms with Crippen molar-refractivity contribution in [3.63, 3.8) is 0 Å². The molecule has 1 amide bonds. The van der Waals surface area contributed by atoms with Gasteiger partial charge >= 0.3 is 0 Å². The molecule has 0 aliphatic carbocycles. The highest BCUT2D eigenvalue weighted by Crippen LogP contribution is 2.28. The van der Waals surface area contributed by atoms with Gasteiger partial charge < -0.3 is 5.11 Å². The highest BCUT2D eigenvalue weighted by Gasteiger charge is 2.28. The number of hydrogen-bond acceptors (Lipinski definition) is 5. The number of hydrogen-bond donors (Lipinski definition) is 2. The van der Waals surface area contributed by atoms with Crippen LogP contribution in [0.3, 0.4) is 0 Å². The van der Waals surface area contributed by atoms with Crippen molar-refractivity contribution in [3.05, 3.63) is 93.5 Å². The normalized spacial score (nSPS) is 11.8. The van der Waals surface area contributed by atoms with E-state index < -0.39 is 22.5 Å². The number of amides is 1. The number of aromatic hydroxyl groups is 1. The van der Waals surface area contributed by atoms with Crippen LogP contribution in [-0.2, 0) is 21.4 Å². The van der Waals surface area contributed by atoms with Gasteiger partial charge in [-0.25, -0.2) is 13.8 Å². The minimum atomic E-state index is -4.05. The minimum absolute atomic E-state index is 0.0386. The second-order valence-electron chi connectivity index (χ2n) is 7.17. The molecule has 2 N–H and O–H groups in total.